The molecule has 0 saturated carbocycles. The second-order valence-corrected chi connectivity index (χ2v) is 4.75. The zero-order valence-corrected chi connectivity index (χ0v) is 17.4. The number of nitrogens with two attached hydrogens (primary N) is 6. The summed E-state index contributed by atoms with van der Waals surface area (Å²) in [7, 11) is -4.94. The molecule has 0 bridgehead atoms. The van der Waals surface area contributed by atoms with Crippen molar-refractivity contribution in [3.8, 4) is 0 Å². The molecule has 0 aliphatic rings. The normalized spacial score (nSPS) is 9.00. The number of hydrogen-bond acceptors (Lipinski definition) is 19. The van der Waals surface area contributed by atoms with Gasteiger partial charge >= 0.3 is 16.5 Å². The van der Waals surface area contributed by atoms with Crippen molar-refractivity contribution in [2.45, 2.75) is 0 Å². The number of rotatable bonds is 3. The molecule has 22 nitrogen and oxygen atoms in total. The van der Waals surface area contributed by atoms with E-state index in [1.807, 2.05) is 0 Å². The molecule has 3 rings (SSSR count). The topological polar surface area (TPSA) is 377 Å². The summed E-state index contributed by atoms with van der Waals surface area (Å²) in [6, 6.07) is 0. The fourth-order valence-corrected chi connectivity index (χ4v) is 1.04. The minimum Gasteiger partial charge on any atom is -1.00 e. The van der Waals surface area contributed by atoms with E-state index in [4.69, 9.17) is 53.7 Å². The smallest absolute Gasteiger partial charge is 1.00 e. The van der Waals surface area contributed by atoms with Crippen LogP contribution in [-0.2, 0) is 16.5 Å². The molecule has 0 unspecified atom stereocenters. The molecule has 0 spiro atoms. The molecule has 0 amide bonds. The van der Waals surface area contributed by atoms with Gasteiger partial charge in [0.2, 0.25) is 0 Å². The van der Waals surface area contributed by atoms with Gasteiger partial charge in [-0.25, -0.2) is 50.2 Å². The molecule has 25 heteroatoms. The van der Waals surface area contributed by atoms with E-state index in [9.17, 15) is 0 Å². The SMILES string of the molecule is NNc1nncn1N.NNc1nncn1N.NNc1nncn1N.[Cl-].[Ni+2].[O-][Cl+3]([O-])([O-])[O-]. The van der Waals surface area contributed by atoms with E-state index in [1.165, 1.54) is 33.0 Å². The van der Waals surface area contributed by atoms with Crippen LogP contribution in [0, 0.1) is 10.2 Å². The number of nitrogens with zero attached hydrogens (tertiary/aromatic N) is 9. The van der Waals surface area contributed by atoms with Crippen LogP contribution in [0.15, 0.2) is 19.0 Å². The Bertz CT molecular complexity index is 703. The Labute approximate surface area is 190 Å². The zero-order chi connectivity index (χ0) is 22.4. The number of nitrogens with one attached hydrogen (secondary N) is 3. The molecule has 0 atom stereocenters. The van der Waals surface area contributed by atoms with Crippen LogP contribution in [-0.4, -0.2) is 44.6 Å². The monoisotopic (exact) mass is 534 g/mol. The molecule has 3 aromatic heterocycles. The fourth-order valence-electron chi connectivity index (χ4n) is 1.04. The molecule has 3 aromatic rings. The Kier molecular flexibility index (Phi) is 17.7. The van der Waals surface area contributed by atoms with Crippen molar-refractivity contribution in [2.75, 3.05) is 33.8 Å². The molecule has 0 radical (unpaired) electrons. The first kappa shape index (κ1) is 32.7. The minimum absolute atomic E-state index is 0. The molecular formula is C6H18Cl2N18NiO4. The van der Waals surface area contributed by atoms with Crippen molar-refractivity contribution >= 4 is 17.8 Å². The van der Waals surface area contributed by atoms with Crippen LogP contribution in [0.5, 0.6) is 0 Å². The Hall–Kier alpha value is -2.99. The number of hydrogen-bond donors (Lipinski definition) is 9. The summed E-state index contributed by atoms with van der Waals surface area (Å²) in [6.07, 6.45) is 4.03. The summed E-state index contributed by atoms with van der Waals surface area (Å²) in [5.41, 5.74) is 6.72. The molecule has 0 fully saturated rings. The molecule has 15 N–H and O–H groups in total. The number of aromatic nitrogens is 9. The van der Waals surface area contributed by atoms with Gasteiger partial charge in [-0.15, -0.1) is 40.8 Å². The summed E-state index contributed by atoms with van der Waals surface area (Å²) in [5.74, 6) is 31.4. The van der Waals surface area contributed by atoms with Gasteiger partial charge in [0, 0.05) is 0 Å². The van der Waals surface area contributed by atoms with Crippen LogP contribution >= 0.6 is 0 Å². The number of nitrogen functional groups attached to an aromatic ring is 6. The van der Waals surface area contributed by atoms with Crippen LogP contribution in [0.3, 0.4) is 0 Å². The quantitative estimate of drug-likeness (QED) is 0.0852. The maximum Gasteiger partial charge on any atom is 2.00 e. The Morgan fingerprint density at radius 1 is 0.645 bits per heavy atom. The van der Waals surface area contributed by atoms with E-state index in [1.54, 1.807) is 0 Å². The van der Waals surface area contributed by atoms with E-state index in [0.29, 0.717) is 17.8 Å². The van der Waals surface area contributed by atoms with Gasteiger partial charge in [-0.3, -0.25) is 16.3 Å². The van der Waals surface area contributed by atoms with Crippen molar-refractivity contribution in [2.24, 2.45) is 17.5 Å². The van der Waals surface area contributed by atoms with Crippen LogP contribution in [0.1, 0.15) is 0 Å². The van der Waals surface area contributed by atoms with Crippen LogP contribution in [0.4, 0.5) is 17.8 Å². The van der Waals surface area contributed by atoms with Crippen molar-refractivity contribution in [1.29, 1.82) is 0 Å². The van der Waals surface area contributed by atoms with Gasteiger partial charge in [0.1, 0.15) is 19.0 Å². The summed E-state index contributed by atoms with van der Waals surface area (Å²) in [4.78, 5) is 0. The van der Waals surface area contributed by atoms with E-state index in [0.717, 1.165) is 0 Å². The van der Waals surface area contributed by atoms with Gasteiger partial charge in [0.15, 0.2) is 0 Å². The third-order valence-electron chi connectivity index (χ3n) is 2.11. The van der Waals surface area contributed by atoms with E-state index in [2.05, 4.69) is 46.9 Å². The zero-order valence-electron chi connectivity index (χ0n) is 14.9. The van der Waals surface area contributed by atoms with Gasteiger partial charge in [0.05, 0.1) is 0 Å². The third-order valence-corrected chi connectivity index (χ3v) is 2.11. The Morgan fingerprint density at radius 3 is 0.903 bits per heavy atom. The molecular weight excluding hydrogens is 518 g/mol. The van der Waals surface area contributed by atoms with Crippen molar-refractivity contribution < 1.29 is 57.8 Å². The third kappa shape index (κ3) is 15.5. The number of halogens is 2. The second kappa shape index (κ2) is 16.8. The molecule has 3 heterocycles. The van der Waals surface area contributed by atoms with E-state index < -0.39 is 10.2 Å². The molecule has 0 aromatic carbocycles. The van der Waals surface area contributed by atoms with Crippen molar-refractivity contribution in [1.82, 2.24) is 44.6 Å². The minimum atomic E-state index is -4.94. The average Bonchev–Trinajstić information content (AvgIpc) is 3.35. The molecule has 0 aliphatic carbocycles. The Balaban J connectivity index is -0.000000335. The van der Waals surface area contributed by atoms with Crippen molar-refractivity contribution in [3.63, 3.8) is 0 Å². The first-order valence-electron chi connectivity index (χ1n) is 6.50. The summed E-state index contributed by atoms with van der Waals surface area (Å²) < 4.78 is 37.5. The summed E-state index contributed by atoms with van der Waals surface area (Å²) in [6.45, 7) is 0. The average molecular weight is 536 g/mol. The van der Waals surface area contributed by atoms with Gasteiger partial charge in [-0.05, 0) is 0 Å². The first-order chi connectivity index (χ1) is 13.5. The van der Waals surface area contributed by atoms with Crippen LogP contribution < -0.4 is 82.4 Å². The van der Waals surface area contributed by atoms with E-state index >= 15 is 0 Å². The number of hydrazine groups is 3. The van der Waals surface area contributed by atoms with Gasteiger partial charge in [-0.1, -0.05) is 0 Å². The predicted octanol–water partition coefficient (Wildman–Crippen LogP) is -12.9. The largest absolute Gasteiger partial charge is 2.00 e. The molecule has 0 saturated heterocycles. The molecule has 180 valence electrons. The van der Waals surface area contributed by atoms with Gasteiger partial charge < -0.3 is 29.9 Å². The van der Waals surface area contributed by atoms with Gasteiger partial charge in [0.25, 0.3) is 17.8 Å². The van der Waals surface area contributed by atoms with Crippen LogP contribution in [0.2, 0.25) is 0 Å². The first-order valence-corrected chi connectivity index (χ1v) is 7.73. The summed E-state index contributed by atoms with van der Waals surface area (Å²) >= 11 is 0. The van der Waals surface area contributed by atoms with E-state index in [-0.39, 0.29) is 28.9 Å². The fraction of sp³-hybridized carbons (Fsp3) is 0. The standard InChI is InChI=1S/3C2H6N6.ClHO4.ClH.Ni/c3*3-6-2-7-5-1-8(2)4;2-1(3,4)5;;/h3*1H,3-4H2,(H,6,7);(H,2,3,4,5);1H;/q;;;;;+2/p-2. The van der Waals surface area contributed by atoms with Gasteiger partial charge in [-0.2, -0.15) is 0 Å². The molecule has 0 aliphatic heterocycles. The van der Waals surface area contributed by atoms with Crippen molar-refractivity contribution in [3.05, 3.63) is 19.0 Å². The molecule has 31 heavy (non-hydrogen) atoms. The van der Waals surface area contributed by atoms with Crippen LogP contribution in [0.25, 0.3) is 0 Å². The Morgan fingerprint density at radius 2 is 0.839 bits per heavy atom. The maximum atomic E-state index is 8.49. The predicted molar refractivity (Wildman–Crippen MR) is 83.9 cm³/mol. The maximum absolute atomic E-state index is 8.49. The number of anilines is 3. The second-order valence-electron chi connectivity index (χ2n) is 4.00. The summed E-state index contributed by atoms with van der Waals surface area (Å²) in [5, 5.41) is 20.8.